The highest BCUT2D eigenvalue weighted by Gasteiger charge is 2.23. The SMILES string of the molecule is CCC1CCCCC1Nc1cccc(Br)c1. The Bertz CT molecular complexity index is 337. The van der Waals surface area contributed by atoms with E-state index >= 15 is 0 Å². The summed E-state index contributed by atoms with van der Waals surface area (Å²) in [6.07, 6.45) is 6.80. The van der Waals surface area contributed by atoms with Gasteiger partial charge < -0.3 is 5.32 Å². The van der Waals surface area contributed by atoms with E-state index in [1.165, 1.54) is 37.8 Å². The summed E-state index contributed by atoms with van der Waals surface area (Å²) < 4.78 is 1.15. The number of benzene rings is 1. The van der Waals surface area contributed by atoms with Crippen molar-refractivity contribution in [2.45, 2.75) is 45.1 Å². The van der Waals surface area contributed by atoms with Gasteiger partial charge in [0.25, 0.3) is 0 Å². The summed E-state index contributed by atoms with van der Waals surface area (Å²) in [4.78, 5) is 0. The molecule has 16 heavy (non-hydrogen) atoms. The zero-order valence-corrected chi connectivity index (χ0v) is 11.5. The van der Waals surface area contributed by atoms with Crippen LogP contribution in [-0.4, -0.2) is 6.04 Å². The summed E-state index contributed by atoms with van der Waals surface area (Å²) in [5.74, 6) is 0.854. The number of rotatable bonds is 3. The summed E-state index contributed by atoms with van der Waals surface area (Å²) in [7, 11) is 0. The van der Waals surface area contributed by atoms with Gasteiger partial charge in [0, 0.05) is 16.2 Å². The van der Waals surface area contributed by atoms with E-state index in [0.717, 1.165) is 10.4 Å². The average Bonchev–Trinajstić information content (AvgIpc) is 2.30. The fourth-order valence-corrected chi connectivity index (χ4v) is 3.08. The molecule has 1 aliphatic rings. The summed E-state index contributed by atoms with van der Waals surface area (Å²) in [5, 5.41) is 3.69. The van der Waals surface area contributed by atoms with Crippen LogP contribution in [0.15, 0.2) is 28.7 Å². The maximum absolute atomic E-state index is 3.69. The third kappa shape index (κ3) is 3.00. The van der Waals surface area contributed by atoms with Crippen molar-refractivity contribution in [2.75, 3.05) is 5.32 Å². The summed E-state index contributed by atoms with van der Waals surface area (Å²) in [6, 6.07) is 9.17. The van der Waals surface area contributed by atoms with Gasteiger partial charge in [-0.25, -0.2) is 0 Å². The molecule has 0 bridgehead atoms. The van der Waals surface area contributed by atoms with Gasteiger partial charge in [0.05, 0.1) is 0 Å². The standard InChI is InChI=1S/C14H20BrN/c1-2-11-6-3-4-9-14(11)16-13-8-5-7-12(15)10-13/h5,7-8,10-11,14,16H,2-4,6,9H2,1H3. The van der Waals surface area contributed by atoms with Crippen LogP contribution in [-0.2, 0) is 0 Å². The summed E-state index contributed by atoms with van der Waals surface area (Å²) in [6.45, 7) is 2.31. The van der Waals surface area contributed by atoms with Crippen LogP contribution < -0.4 is 5.32 Å². The Kier molecular flexibility index (Phi) is 4.28. The van der Waals surface area contributed by atoms with Crippen LogP contribution in [0.5, 0.6) is 0 Å². The molecule has 2 heteroatoms. The molecule has 2 unspecified atom stereocenters. The average molecular weight is 282 g/mol. The third-order valence-corrected chi connectivity index (χ3v) is 4.10. The third-order valence-electron chi connectivity index (χ3n) is 3.61. The van der Waals surface area contributed by atoms with Crippen molar-refractivity contribution in [2.24, 2.45) is 5.92 Å². The van der Waals surface area contributed by atoms with E-state index < -0.39 is 0 Å². The Balaban J connectivity index is 2.02. The zero-order chi connectivity index (χ0) is 11.4. The molecule has 88 valence electrons. The predicted molar refractivity (Wildman–Crippen MR) is 73.8 cm³/mol. The molecule has 0 aromatic heterocycles. The Morgan fingerprint density at radius 3 is 2.88 bits per heavy atom. The predicted octanol–water partition coefficient (Wildman–Crippen LogP) is 4.83. The second-order valence-corrected chi connectivity index (χ2v) is 5.63. The van der Waals surface area contributed by atoms with E-state index in [4.69, 9.17) is 0 Å². The minimum atomic E-state index is 0.674. The van der Waals surface area contributed by atoms with Crippen LogP contribution in [0.1, 0.15) is 39.0 Å². The molecule has 0 saturated heterocycles. The fraction of sp³-hybridized carbons (Fsp3) is 0.571. The first-order valence-electron chi connectivity index (χ1n) is 6.31. The number of hydrogen-bond donors (Lipinski definition) is 1. The molecule has 0 aliphatic heterocycles. The molecule has 0 radical (unpaired) electrons. The molecule has 2 atom stereocenters. The monoisotopic (exact) mass is 281 g/mol. The second-order valence-electron chi connectivity index (χ2n) is 4.71. The van der Waals surface area contributed by atoms with Crippen LogP contribution in [0.4, 0.5) is 5.69 Å². The van der Waals surface area contributed by atoms with Crippen LogP contribution >= 0.6 is 15.9 Å². The molecule has 1 saturated carbocycles. The van der Waals surface area contributed by atoms with Crippen molar-refractivity contribution in [1.29, 1.82) is 0 Å². The maximum Gasteiger partial charge on any atom is 0.0353 e. The largest absolute Gasteiger partial charge is 0.382 e. The summed E-state index contributed by atoms with van der Waals surface area (Å²) >= 11 is 3.52. The van der Waals surface area contributed by atoms with Crippen molar-refractivity contribution in [1.82, 2.24) is 0 Å². The van der Waals surface area contributed by atoms with Gasteiger partial charge in [-0.2, -0.15) is 0 Å². The van der Waals surface area contributed by atoms with E-state index in [-0.39, 0.29) is 0 Å². The lowest BCUT2D eigenvalue weighted by Gasteiger charge is -2.32. The van der Waals surface area contributed by atoms with Gasteiger partial charge in [-0.15, -0.1) is 0 Å². The molecule has 1 aromatic rings. The molecule has 1 N–H and O–H groups in total. The Hall–Kier alpha value is -0.500. The van der Waals surface area contributed by atoms with Crippen LogP contribution in [0.25, 0.3) is 0 Å². The summed E-state index contributed by atoms with van der Waals surface area (Å²) in [5.41, 5.74) is 1.25. The lowest BCUT2D eigenvalue weighted by molar-refractivity contribution is 0.317. The quantitative estimate of drug-likeness (QED) is 0.837. The highest BCUT2D eigenvalue weighted by atomic mass is 79.9. The van der Waals surface area contributed by atoms with Gasteiger partial charge in [-0.3, -0.25) is 0 Å². The molecule has 1 aliphatic carbocycles. The van der Waals surface area contributed by atoms with Gasteiger partial charge in [-0.1, -0.05) is 48.2 Å². The number of anilines is 1. The first-order valence-corrected chi connectivity index (χ1v) is 7.11. The Morgan fingerprint density at radius 1 is 1.31 bits per heavy atom. The molecule has 2 rings (SSSR count). The van der Waals surface area contributed by atoms with Gasteiger partial charge in [0.1, 0.15) is 0 Å². The van der Waals surface area contributed by atoms with E-state index in [9.17, 15) is 0 Å². The fourth-order valence-electron chi connectivity index (χ4n) is 2.68. The van der Waals surface area contributed by atoms with Crippen LogP contribution in [0, 0.1) is 5.92 Å². The zero-order valence-electron chi connectivity index (χ0n) is 9.88. The highest BCUT2D eigenvalue weighted by Crippen LogP contribution is 2.29. The minimum Gasteiger partial charge on any atom is -0.382 e. The molecule has 1 nitrogen and oxygen atoms in total. The highest BCUT2D eigenvalue weighted by molar-refractivity contribution is 9.10. The molecule has 1 fully saturated rings. The van der Waals surface area contributed by atoms with Crippen molar-refractivity contribution >= 4 is 21.6 Å². The van der Waals surface area contributed by atoms with Crippen molar-refractivity contribution < 1.29 is 0 Å². The first kappa shape index (κ1) is 12.0. The molecular weight excluding hydrogens is 262 g/mol. The van der Waals surface area contributed by atoms with Crippen molar-refractivity contribution in [3.63, 3.8) is 0 Å². The Labute approximate surface area is 107 Å². The van der Waals surface area contributed by atoms with Crippen molar-refractivity contribution in [3.8, 4) is 0 Å². The molecular formula is C14H20BrN. The minimum absolute atomic E-state index is 0.674. The van der Waals surface area contributed by atoms with Crippen LogP contribution in [0.2, 0.25) is 0 Å². The van der Waals surface area contributed by atoms with Gasteiger partial charge in [-0.05, 0) is 37.0 Å². The molecule has 0 heterocycles. The smallest absolute Gasteiger partial charge is 0.0353 e. The number of nitrogens with one attached hydrogen (secondary N) is 1. The molecule has 1 aromatic carbocycles. The Morgan fingerprint density at radius 2 is 2.12 bits per heavy atom. The van der Waals surface area contributed by atoms with E-state index in [1.807, 2.05) is 0 Å². The second kappa shape index (κ2) is 5.72. The van der Waals surface area contributed by atoms with E-state index in [2.05, 4.69) is 52.4 Å². The van der Waals surface area contributed by atoms with Crippen molar-refractivity contribution in [3.05, 3.63) is 28.7 Å². The van der Waals surface area contributed by atoms with Gasteiger partial charge in [0.15, 0.2) is 0 Å². The lowest BCUT2D eigenvalue weighted by Crippen LogP contribution is -2.31. The first-order chi connectivity index (χ1) is 7.79. The van der Waals surface area contributed by atoms with E-state index in [0.29, 0.717) is 6.04 Å². The van der Waals surface area contributed by atoms with Gasteiger partial charge in [0.2, 0.25) is 0 Å². The lowest BCUT2D eigenvalue weighted by atomic mass is 9.83. The molecule has 0 spiro atoms. The topological polar surface area (TPSA) is 12.0 Å². The van der Waals surface area contributed by atoms with E-state index in [1.54, 1.807) is 0 Å². The number of hydrogen-bond acceptors (Lipinski definition) is 1. The van der Waals surface area contributed by atoms with Gasteiger partial charge >= 0.3 is 0 Å². The maximum atomic E-state index is 3.69. The molecule has 0 amide bonds. The van der Waals surface area contributed by atoms with Crippen LogP contribution in [0.3, 0.4) is 0 Å². The number of halogens is 1. The normalized spacial score (nSPS) is 25.4.